The van der Waals surface area contributed by atoms with E-state index < -0.39 is 0 Å². The van der Waals surface area contributed by atoms with E-state index >= 15 is 0 Å². The summed E-state index contributed by atoms with van der Waals surface area (Å²) in [5.41, 5.74) is 0. The molecule has 0 fully saturated rings. The first-order chi connectivity index (χ1) is 3.91. The molecular weight excluding hydrogens is 96.1 g/mol. The van der Waals surface area contributed by atoms with Crippen LogP contribution in [0.15, 0.2) is 0 Å². The fourth-order valence-electron chi connectivity index (χ4n) is 0.500. The minimum atomic E-state index is 1.36. The molecule has 0 aliphatic rings. The van der Waals surface area contributed by atoms with E-state index in [1.54, 1.807) is 6.92 Å². The Hall–Kier alpha value is 0. The van der Waals surface area contributed by atoms with Crippen LogP contribution >= 0.6 is 0 Å². The zero-order chi connectivity index (χ0) is 6.83. The molecule has 0 aliphatic heterocycles. The van der Waals surface area contributed by atoms with Gasteiger partial charge >= 0.3 is 0 Å². The smallest absolute Gasteiger partial charge is 0.0536 e. The van der Waals surface area contributed by atoms with Crippen molar-refractivity contribution in [3.05, 3.63) is 6.92 Å². The molecule has 0 nitrogen and oxygen atoms in total. The maximum absolute atomic E-state index is 3.25. The molecule has 0 spiro atoms. The summed E-state index contributed by atoms with van der Waals surface area (Å²) in [7, 11) is 0. The van der Waals surface area contributed by atoms with Gasteiger partial charge in [-0.2, -0.15) is 0 Å². The molecule has 0 aromatic carbocycles. The molecular formula is C8H19. The zero-order valence-corrected chi connectivity index (χ0v) is 6.54. The van der Waals surface area contributed by atoms with Gasteiger partial charge in [0.15, 0.2) is 0 Å². The summed E-state index contributed by atoms with van der Waals surface area (Å²) < 4.78 is 0. The molecule has 0 heterocycles. The SMILES string of the molecule is CCCCCC.[CH2]C. The predicted octanol–water partition coefficient (Wildman–Crippen LogP) is 3.43. The van der Waals surface area contributed by atoms with Gasteiger partial charge in [0, 0.05) is 0 Å². The van der Waals surface area contributed by atoms with E-state index in [0.717, 1.165) is 0 Å². The molecule has 8 heavy (non-hydrogen) atoms. The van der Waals surface area contributed by atoms with Crippen LogP contribution in [0.5, 0.6) is 0 Å². The average molecular weight is 115 g/mol. The van der Waals surface area contributed by atoms with Gasteiger partial charge in [-0.1, -0.05) is 53.4 Å². The Balaban J connectivity index is 0. The monoisotopic (exact) mass is 115 g/mol. The molecule has 0 unspecified atom stereocenters. The lowest BCUT2D eigenvalue weighted by molar-refractivity contribution is 0.702. The second-order valence-electron chi connectivity index (χ2n) is 1.71. The van der Waals surface area contributed by atoms with Crippen molar-refractivity contribution in [2.24, 2.45) is 0 Å². The average Bonchev–Trinajstić information content (AvgIpc) is 1.88. The van der Waals surface area contributed by atoms with Crippen LogP contribution in [0.1, 0.15) is 46.5 Å². The highest BCUT2D eigenvalue weighted by Gasteiger charge is 1.75. The van der Waals surface area contributed by atoms with Crippen molar-refractivity contribution in [3.8, 4) is 0 Å². The molecule has 0 amide bonds. The van der Waals surface area contributed by atoms with Gasteiger partial charge in [0.1, 0.15) is 0 Å². The number of hydrogen-bond acceptors (Lipinski definition) is 0. The fourth-order valence-corrected chi connectivity index (χ4v) is 0.500. The molecule has 0 aliphatic carbocycles. The van der Waals surface area contributed by atoms with Crippen molar-refractivity contribution in [2.75, 3.05) is 0 Å². The van der Waals surface area contributed by atoms with Crippen LogP contribution in [-0.4, -0.2) is 0 Å². The van der Waals surface area contributed by atoms with E-state index in [-0.39, 0.29) is 0 Å². The van der Waals surface area contributed by atoms with Crippen molar-refractivity contribution < 1.29 is 0 Å². The van der Waals surface area contributed by atoms with E-state index in [9.17, 15) is 0 Å². The summed E-state index contributed by atoms with van der Waals surface area (Å²) in [6.45, 7) is 9.46. The molecule has 1 radical (unpaired) electrons. The first-order valence-corrected chi connectivity index (χ1v) is 3.62. The fraction of sp³-hybridized carbons (Fsp3) is 0.875. The highest BCUT2D eigenvalue weighted by molar-refractivity contribution is 4.31. The largest absolute Gasteiger partial charge is 0.0654 e. The van der Waals surface area contributed by atoms with Crippen LogP contribution in [0.3, 0.4) is 0 Å². The summed E-state index contributed by atoms with van der Waals surface area (Å²) >= 11 is 0. The lowest BCUT2D eigenvalue weighted by Crippen LogP contribution is -1.66. The maximum atomic E-state index is 3.25. The van der Waals surface area contributed by atoms with Crippen molar-refractivity contribution in [1.29, 1.82) is 0 Å². The van der Waals surface area contributed by atoms with Gasteiger partial charge in [-0.3, -0.25) is 0 Å². The number of rotatable bonds is 3. The third-order valence-electron chi connectivity index (χ3n) is 0.957. The molecule has 0 saturated carbocycles. The molecule has 0 aromatic heterocycles. The topological polar surface area (TPSA) is 0 Å². The van der Waals surface area contributed by atoms with Crippen molar-refractivity contribution in [1.82, 2.24) is 0 Å². The van der Waals surface area contributed by atoms with Gasteiger partial charge < -0.3 is 0 Å². The van der Waals surface area contributed by atoms with Crippen LogP contribution in [-0.2, 0) is 0 Å². The van der Waals surface area contributed by atoms with E-state index in [1.807, 2.05) is 0 Å². The maximum Gasteiger partial charge on any atom is -0.0536 e. The molecule has 0 aromatic rings. The third-order valence-corrected chi connectivity index (χ3v) is 0.957. The standard InChI is InChI=1S/C6H14.C2H5/c1-3-5-6-4-2;1-2/h3-6H2,1-2H3;1H2,2H3. The summed E-state index contributed by atoms with van der Waals surface area (Å²) in [6, 6.07) is 0. The number of unbranched alkanes of at least 4 members (excludes halogenated alkanes) is 3. The lowest BCUT2D eigenvalue weighted by Gasteiger charge is -1.86. The van der Waals surface area contributed by atoms with Gasteiger partial charge in [-0.05, 0) is 0 Å². The third kappa shape index (κ3) is 16.7. The molecule has 0 saturated heterocycles. The Bertz CT molecular complexity index is 12.0. The van der Waals surface area contributed by atoms with E-state index in [2.05, 4.69) is 20.8 Å². The molecule has 0 N–H and O–H groups in total. The van der Waals surface area contributed by atoms with Crippen LogP contribution in [0.25, 0.3) is 0 Å². The quantitative estimate of drug-likeness (QED) is 0.494. The highest BCUT2D eigenvalue weighted by atomic mass is 13.8. The van der Waals surface area contributed by atoms with Crippen molar-refractivity contribution >= 4 is 0 Å². The van der Waals surface area contributed by atoms with E-state index in [1.165, 1.54) is 25.7 Å². The van der Waals surface area contributed by atoms with Crippen LogP contribution in [0.2, 0.25) is 0 Å². The predicted molar refractivity (Wildman–Crippen MR) is 40.8 cm³/mol. The van der Waals surface area contributed by atoms with Gasteiger partial charge in [0.25, 0.3) is 0 Å². The second-order valence-corrected chi connectivity index (χ2v) is 1.71. The van der Waals surface area contributed by atoms with Crippen molar-refractivity contribution in [2.45, 2.75) is 46.5 Å². The minimum Gasteiger partial charge on any atom is -0.0654 e. The number of hydrogen-bond donors (Lipinski definition) is 0. The van der Waals surface area contributed by atoms with Gasteiger partial charge in [0.05, 0.1) is 0 Å². The lowest BCUT2D eigenvalue weighted by atomic mass is 10.2. The summed E-state index contributed by atoms with van der Waals surface area (Å²) in [5, 5.41) is 0. The molecule has 0 bridgehead atoms. The van der Waals surface area contributed by atoms with Crippen LogP contribution in [0.4, 0.5) is 0 Å². The summed E-state index contributed by atoms with van der Waals surface area (Å²) in [5.74, 6) is 0. The normalized spacial score (nSPS) is 7.50. The molecule has 51 valence electrons. The molecule has 0 atom stereocenters. The van der Waals surface area contributed by atoms with E-state index in [0.29, 0.717) is 0 Å². The Morgan fingerprint density at radius 3 is 1.25 bits per heavy atom. The van der Waals surface area contributed by atoms with Crippen LogP contribution in [0, 0.1) is 6.92 Å². The second kappa shape index (κ2) is 15.8. The first-order valence-electron chi connectivity index (χ1n) is 3.62. The van der Waals surface area contributed by atoms with Gasteiger partial charge in [0.2, 0.25) is 0 Å². The summed E-state index contributed by atoms with van der Waals surface area (Å²) in [4.78, 5) is 0. The first kappa shape index (κ1) is 10.9. The Morgan fingerprint density at radius 2 is 1.12 bits per heavy atom. The highest BCUT2D eigenvalue weighted by Crippen LogP contribution is 1.95. The molecule has 0 rings (SSSR count). The Labute approximate surface area is 54.3 Å². The van der Waals surface area contributed by atoms with Gasteiger partial charge in [-0.25, -0.2) is 0 Å². The zero-order valence-electron chi connectivity index (χ0n) is 6.54. The van der Waals surface area contributed by atoms with Gasteiger partial charge in [-0.15, -0.1) is 0 Å². The Kier molecular flexibility index (Phi) is 21.4. The van der Waals surface area contributed by atoms with Crippen LogP contribution < -0.4 is 0 Å². The molecule has 0 heteroatoms. The minimum absolute atomic E-state index is 1.36. The summed E-state index contributed by atoms with van der Waals surface area (Å²) in [6.07, 6.45) is 5.54. The Morgan fingerprint density at radius 1 is 0.875 bits per heavy atom. The van der Waals surface area contributed by atoms with E-state index in [4.69, 9.17) is 0 Å². The van der Waals surface area contributed by atoms with Crippen molar-refractivity contribution in [3.63, 3.8) is 0 Å².